The molecule has 60 valence electrons. The zero-order valence-corrected chi connectivity index (χ0v) is 6.62. The molecular weight excluding hydrogens is 152 g/mol. The van der Waals surface area contributed by atoms with Crippen molar-refractivity contribution in [2.45, 2.75) is 12.8 Å². The van der Waals surface area contributed by atoms with E-state index in [1.165, 1.54) is 0 Å². The molecule has 4 heteroatoms. The van der Waals surface area contributed by atoms with E-state index in [0.717, 1.165) is 26.1 Å². The first-order valence-electron chi connectivity index (χ1n) is 3.22. The number of ether oxygens (including phenoxy) is 1. The highest BCUT2D eigenvalue weighted by Crippen LogP contribution is 2.13. The molecule has 0 radical (unpaired) electrons. The van der Waals surface area contributed by atoms with Crippen molar-refractivity contribution in [1.82, 2.24) is 0 Å². The Hall–Kier alpha value is -0.280. The van der Waals surface area contributed by atoms with E-state index in [2.05, 4.69) is 0 Å². The van der Waals surface area contributed by atoms with Gasteiger partial charge in [0.1, 0.15) is 0 Å². The molecular formula is C6H13ClN2O. The van der Waals surface area contributed by atoms with Crippen molar-refractivity contribution in [1.29, 1.82) is 5.41 Å². The Labute approximate surface area is 66.9 Å². The summed E-state index contributed by atoms with van der Waals surface area (Å²) in [6, 6.07) is 0. The third-order valence-corrected chi connectivity index (χ3v) is 1.66. The lowest BCUT2D eigenvalue weighted by Crippen LogP contribution is -2.28. The lowest BCUT2D eigenvalue weighted by Gasteiger charge is -2.19. The lowest BCUT2D eigenvalue weighted by atomic mass is 10.00. The van der Waals surface area contributed by atoms with Crippen molar-refractivity contribution in [3.05, 3.63) is 0 Å². The number of amidine groups is 1. The van der Waals surface area contributed by atoms with Crippen LogP contribution in [0.3, 0.4) is 0 Å². The number of nitrogens with two attached hydrogens (primary N) is 1. The van der Waals surface area contributed by atoms with Crippen LogP contribution < -0.4 is 5.73 Å². The zero-order valence-electron chi connectivity index (χ0n) is 5.80. The van der Waals surface area contributed by atoms with Gasteiger partial charge in [0, 0.05) is 19.1 Å². The van der Waals surface area contributed by atoms with E-state index in [-0.39, 0.29) is 12.4 Å². The molecule has 0 aromatic rings. The molecule has 10 heavy (non-hydrogen) atoms. The topological polar surface area (TPSA) is 59.1 Å². The van der Waals surface area contributed by atoms with Gasteiger partial charge in [0.2, 0.25) is 0 Å². The second-order valence-corrected chi connectivity index (χ2v) is 2.34. The molecule has 0 saturated carbocycles. The van der Waals surface area contributed by atoms with Crippen molar-refractivity contribution in [2.24, 2.45) is 11.7 Å². The van der Waals surface area contributed by atoms with Crippen LogP contribution in [-0.4, -0.2) is 19.0 Å². The smallest absolute Gasteiger partial charge is 0.0938 e. The maximum atomic E-state index is 7.11. The summed E-state index contributed by atoms with van der Waals surface area (Å²) in [6.45, 7) is 1.54. The first kappa shape index (κ1) is 9.72. The second-order valence-electron chi connectivity index (χ2n) is 2.34. The average molecular weight is 165 g/mol. The van der Waals surface area contributed by atoms with Gasteiger partial charge in [-0.05, 0) is 12.8 Å². The predicted octanol–water partition coefficient (Wildman–Crippen LogP) is 0.771. The van der Waals surface area contributed by atoms with Crippen molar-refractivity contribution < 1.29 is 4.74 Å². The fourth-order valence-electron chi connectivity index (χ4n) is 1.01. The van der Waals surface area contributed by atoms with E-state index in [1.807, 2.05) is 0 Å². The fraction of sp³-hybridized carbons (Fsp3) is 0.833. The van der Waals surface area contributed by atoms with Crippen molar-refractivity contribution in [2.75, 3.05) is 13.2 Å². The third kappa shape index (κ3) is 2.54. The van der Waals surface area contributed by atoms with Crippen molar-refractivity contribution in [3.8, 4) is 0 Å². The zero-order chi connectivity index (χ0) is 6.69. The molecule has 0 spiro atoms. The maximum Gasteiger partial charge on any atom is 0.0938 e. The van der Waals surface area contributed by atoms with Crippen LogP contribution in [0.5, 0.6) is 0 Å². The Kier molecular flexibility index (Phi) is 4.40. The standard InChI is InChI=1S/C6H12N2O.ClH/c7-6(8)5-1-3-9-4-2-5;/h5H,1-4H2,(H3,7,8);1H. The number of rotatable bonds is 1. The van der Waals surface area contributed by atoms with E-state index >= 15 is 0 Å². The highest BCUT2D eigenvalue weighted by molar-refractivity contribution is 5.85. The van der Waals surface area contributed by atoms with Gasteiger partial charge in [-0.3, -0.25) is 5.41 Å². The van der Waals surface area contributed by atoms with Gasteiger partial charge in [0.15, 0.2) is 0 Å². The molecule has 1 aliphatic rings. The number of halogens is 1. The molecule has 1 saturated heterocycles. The summed E-state index contributed by atoms with van der Waals surface area (Å²) in [5, 5.41) is 7.11. The van der Waals surface area contributed by atoms with Gasteiger partial charge in [-0.1, -0.05) is 0 Å². The van der Waals surface area contributed by atoms with Gasteiger partial charge in [-0.2, -0.15) is 0 Å². The van der Waals surface area contributed by atoms with E-state index in [0.29, 0.717) is 11.8 Å². The fourth-order valence-corrected chi connectivity index (χ4v) is 1.01. The van der Waals surface area contributed by atoms with E-state index < -0.39 is 0 Å². The van der Waals surface area contributed by atoms with Crippen LogP contribution in [0.2, 0.25) is 0 Å². The van der Waals surface area contributed by atoms with Crippen LogP contribution in [0.1, 0.15) is 12.8 Å². The minimum Gasteiger partial charge on any atom is -0.387 e. The monoisotopic (exact) mass is 164 g/mol. The number of hydrogen-bond donors (Lipinski definition) is 2. The second kappa shape index (κ2) is 4.52. The van der Waals surface area contributed by atoms with Gasteiger partial charge in [0.25, 0.3) is 0 Å². The largest absolute Gasteiger partial charge is 0.387 e. The van der Waals surface area contributed by atoms with Gasteiger partial charge >= 0.3 is 0 Å². The summed E-state index contributed by atoms with van der Waals surface area (Å²) in [5.41, 5.74) is 5.29. The third-order valence-electron chi connectivity index (χ3n) is 1.66. The lowest BCUT2D eigenvalue weighted by molar-refractivity contribution is 0.0824. The average Bonchev–Trinajstić information content (AvgIpc) is 1.90. The van der Waals surface area contributed by atoms with Crippen LogP contribution >= 0.6 is 12.4 Å². The van der Waals surface area contributed by atoms with E-state index in [1.54, 1.807) is 0 Å². The Balaban J connectivity index is 0.000000810. The Morgan fingerprint density at radius 3 is 2.20 bits per heavy atom. The molecule has 0 bridgehead atoms. The molecule has 1 aliphatic heterocycles. The molecule has 1 rings (SSSR count). The van der Waals surface area contributed by atoms with Crippen LogP contribution in [-0.2, 0) is 4.74 Å². The van der Waals surface area contributed by atoms with Crippen molar-refractivity contribution >= 4 is 18.2 Å². The summed E-state index contributed by atoms with van der Waals surface area (Å²) < 4.78 is 5.10. The molecule has 0 unspecified atom stereocenters. The quantitative estimate of drug-likeness (QED) is 0.444. The van der Waals surface area contributed by atoms with Gasteiger partial charge in [-0.25, -0.2) is 0 Å². The predicted molar refractivity (Wildman–Crippen MR) is 42.7 cm³/mol. The molecule has 3 nitrogen and oxygen atoms in total. The molecule has 0 atom stereocenters. The summed E-state index contributed by atoms with van der Waals surface area (Å²) in [5.74, 6) is 0.608. The molecule has 3 N–H and O–H groups in total. The van der Waals surface area contributed by atoms with Crippen LogP contribution in [0.25, 0.3) is 0 Å². The Morgan fingerprint density at radius 2 is 1.90 bits per heavy atom. The summed E-state index contributed by atoms with van der Waals surface area (Å²) in [7, 11) is 0. The van der Waals surface area contributed by atoms with E-state index in [4.69, 9.17) is 15.9 Å². The normalized spacial score (nSPS) is 19.6. The first-order valence-corrected chi connectivity index (χ1v) is 3.22. The Bertz CT molecular complexity index is 112. The molecule has 0 aliphatic carbocycles. The molecule has 0 aromatic carbocycles. The summed E-state index contributed by atoms with van der Waals surface area (Å²) in [4.78, 5) is 0. The molecule has 0 amide bonds. The van der Waals surface area contributed by atoms with Crippen LogP contribution in [0.15, 0.2) is 0 Å². The minimum atomic E-state index is 0. The highest BCUT2D eigenvalue weighted by Gasteiger charge is 2.15. The van der Waals surface area contributed by atoms with Crippen molar-refractivity contribution in [3.63, 3.8) is 0 Å². The first-order chi connectivity index (χ1) is 4.30. The maximum absolute atomic E-state index is 7.11. The Morgan fingerprint density at radius 1 is 1.40 bits per heavy atom. The molecule has 1 heterocycles. The number of nitrogens with one attached hydrogen (secondary N) is 1. The van der Waals surface area contributed by atoms with Gasteiger partial charge < -0.3 is 10.5 Å². The SMILES string of the molecule is Cl.N=C(N)C1CCOCC1. The highest BCUT2D eigenvalue weighted by atomic mass is 35.5. The van der Waals surface area contributed by atoms with Gasteiger partial charge in [-0.15, -0.1) is 12.4 Å². The van der Waals surface area contributed by atoms with Crippen LogP contribution in [0, 0.1) is 11.3 Å². The number of hydrogen-bond acceptors (Lipinski definition) is 2. The summed E-state index contributed by atoms with van der Waals surface area (Å²) in [6.07, 6.45) is 1.85. The van der Waals surface area contributed by atoms with Crippen LogP contribution in [0.4, 0.5) is 0 Å². The van der Waals surface area contributed by atoms with Gasteiger partial charge in [0.05, 0.1) is 5.84 Å². The van der Waals surface area contributed by atoms with E-state index in [9.17, 15) is 0 Å². The molecule has 1 fully saturated rings. The minimum absolute atomic E-state index is 0. The molecule has 0 aromatic heterocycles. The summed E-state index contributed by atoms with van der Waals surface area (Å²) >= 11 is 0.